The van der Waals surface area contributed by atoms with Gasteiger partial charge < -0.3 is 14.2 Å². The summed E-state index contributed by atoms with van der Waals surface area (Å²) in [6.45, 7) is 9.96. The van der Waals surface area contributed by atoms with Crippen LogP contribution in [-0.4, -0.2) is 58.8 Å². The maximum Gasteiger partial charge on any atom is 0.409 e. The lowest BCUT2D eigenvalue weighted by Gasteiger charge is -2.33. The molecule has 0 spiro atoms. The Bertz CT molecular complexity index is 736. The zero-order valence-electron chi connectivity index (χ0n) is 15.6. The molecule has 1 amide bonds. The Kier molecular flexibility index (Phi) is 5.88. The molecule has 0 atom stereocenters. The molecular weight excluding hydrogens is 332 g/mol. The number of aryl methyl sites for hydroxylation is 1. The van der Waals surface area contributed by atoms with E-state index in [0.29, 0.717) is 43.9 Å². The largest absolute Gasteiger partial charge is 0.449 e. The molecule has 3 rings (SSSR count). The summed E-state index contributed by atoms with van der Waals surface area (Å²) in [4.78, 5) is 20.5. The lowest BCUT2D eigenvalue weighted by Crippen LogP contribution is -2.48. The highest BCUT2D eigenvalue weighted by atomic mass is 16.6. The van der Waals surface area contributed by atoms with E-state index < -0.39 is 0 Å². The van der Waals surface area contributed by atoms with Gasteiger partial charge in [0.25, 0.3) is 0 Å². The number of nitrogens with zero attached hydrogens (tertiary/aromatic N) is 4. The van der Waals surface area contributed by atoms with Crippen LogP contribution in [0, 0.1) is 12.8 Å². The lowest BCUT2D eigenvalue weighted by molar-refractivity contribution is 0.0652. The van der Waals surface area contributed by atoms with E-state index in [1.165, 1.54) is 0 Å². The van der Waals surface area contributed by atoms with Crippen LogP contribution in [0.1, 0.15) is 25.3 Å². The molecule has 1 aromatic heterocycles. The normalized spacial score (nSPS) is 15.5. The van der Waals surface area contributed by atoms with Gasteiger partial charge in [-0.2, -0.15) is 4.98 Å². The Morgan fingerprint density at radius 3 is 2.65 bits per heavy atom. The van der Waals surface area contributed by atoms with Crippen molar-refractivity contribution in [3.63, 3.8) is 0 Å². The number of piperazine rings is 1. The van der Waals surface area contributed by atoms with Gasteiger partial charge in [0.2, 0.25) is 11.7 Å². The molecule has 1 fully saturated rings. The summed E-state index contributed by atoms with van der Waals surface area (Å²) in [6, 6.07) is 7.98. The Balaban J connectivity index is 1.51. The molecule has 7 nitrogen and oxygen atoms in total. The second-order valence-electron chi connectivity index (χ2n) is 7.06. The van der Waals surface area contributed by atoms with E-state index in [4.69, 9.17) is 9.26 Å². The van der Waals surface area contributed by atoms with E-state index in [-0.39, 0.29) is 6.09 Å². The molecule has 7 heteroatoms. The molecule has 0 N–H and O–H groups in total. The molecule has 0 radical (unpaired) electrons. The van der Waals surface area contributed by atoms with Crippen LogP contribution in [0.3, 0.4) is 0 Å². The lowest BCUT2D eigenvalue weighted by atomic mass is 10.1. The van der Waals surface area contributed by atoms with Crippen molar-refractivity contribution in [1.29, 1.82) is 0 Å². The molecule has 0 bridgehead atoms. The molecule has 0 saturated carbocycles. The first kappa shape index (κ1) is 18.4. The first-order chi connectivity index (χ1) is 12.5. The van der Waals surface area contributed by atoms with Crippen LogP contribution in [0.25, 0.3) is 11.4 Å². The maximum absolute atomic E-state index is 12.0. The minimum absolute atomic E-state index is 0.224. The van der Waals surface area contributed by atoms with Crippen LogP contribution in [0.5, 0.6) is 0 Å². The van der Waals surface area contributed by atoms with Gasteiger partial charge in [-0.1, -0.05) is 43.3 Å². The number of rotatable bonds is 5. The Hall–Kier alpha value is -2.41. The summed E-state index contributed by atoms with van der Waals surface area (Å²) in [5, 5.41) is 4.10. The van der Waals surface area contributed by atoms with Crippen molar-refractivity contribution in [2.24, 2.45) is 5.92 Å². The number of aromatic nitrogens is 2. The highest BCUT2D eigenvalue weighted by Gasteiger charge is 2.23. The van der Waals surface area contributed by atoms with Crippen LogP contribution < -0.4 is 0 Å². The van der Waals surface area contributed by atoms with Gasteiger partial charge >= 0.3 is 6.09 Å². The molecule has 1 aliphatic rings. The molecule has 2 heterocycles. The van der Waals surface area contributed by atoms with Crippen molar-refractivity contribution in [1.82, 2.24) is 19.9 Å². The third kappa shape index (κ3) is 4.60. The minimum Gasteiger partial charge on any atom is -0.449 e. The molecule has 1 aliphatic heterocycles. The van der Waals surface area contributed by atoms with Gasteiger partial charge in [0, 0.05) is 31.7 Å². The number of amides is 1. The third-order valence-corrected chi connectivity index (χ3v) is 4.38. The van der Waals surface area contributed by atoms with E-state index in [9.17, 15) is 4.79 Å². The van der Waals surface area contributed by atoms with E-state index in [0.717, 1.165) is 24.2 Å². The first-order valence-electron chi connectivity index (χ1n) is 9.05. The summed E-state index contributed by atoms with van der Waals surface area (Å²) in [6.07, 6.45) is -0.224. The number of carbonyl (C=O) groups excluding carboxylic acids is 1. The topological polar surface area (TPSA) is 71.7 Å². The molecule has 140 valence electrons. The van der Waals surface area contributed by atoms with Crippen LogP contribution in [0.15, 0.2) is 28.8 Å². The third-order valence-electron chi connectivity index (χ3n) is 4.38. The highest BCUT2D eigenvalue weighted by molar-refractivity contribution is 5.67. The molecule has 26 heavy (non-hydrogen) atoms. The van der Waals surface area contributed by atoms with Crippen molar-refractivity contribution >= 4 is 6.09 Å². The van der Waals surface area contributed by atoms with Gasteiger partial charge in [-0.15, -0.1) is 0 Å². The van der Waals surface area contributed by atoms with Crippen LogP contribution in [0.2, 0.25) is 0 Å². The minimum atomic E-state index is -0.224. The SMILES string of the molecule is Cc1ccccc1-c1noc(CN2CCN(C(=O)OCC(C)C)CC2)n1. The van der Waals surface area contributed by atoms with Gasteiger partial charge in [-0.05, 0) is 18.4 Å². The van der Waals surface area contributed by atoms with Gasteiger partial charge in [0.1, 0.15) is 0 Å². The van der Waals surface area contributed by atoms with Gasteiger partial charge in [-0.25, -0.2) is 4.79 Å². The van der Waals surface area contributed by atoms with E-state index in [2.05, 4.69) is 15.0 Å². The molecule has 0 aliphatic carbocycles. The Morgan fingerprint density at radius 1 is 1.23 bits per heavy atom. The maximum atomic E-state index is 12.0. The fourth-order valence-corrected chi connectivity index (χ4v) is 2.86. The molecule has 1 aromatic carbocycles. The van der Waals surface area contributed by atoms with E-state index in [1.54, 1.807) is 4.90 Å². The Morgan fingerprint density at radius 2 is 1.96 bits per heavy atom. The fraction of sp³-hybridized carbons (Fsp3) is 0.526. The standard InChI is InChI=1S/C19H26N4O3/c1-14(2)13-25-19(24)23-10-8-22(9-11-23)12-17-20-18(21-26-17)16-7-5-4-6-15(16)3/h4-7,14H,8-13H2,1-3H3. The predicted molar refractivity (Wildman–Crippen MR) is 97.5 cm³/mol. The van der Waals surface area contributed by atoms with Crippen LogP contribution >= 0.6 is 0 Å². The zero-order valence-corrected chi connectivity index (χ0v) is 15.6. The number of carbonyl (C=O) groups is 1. The smallest absolute Gasteiger partial charge is 0.409 e. The van der Waals surface area contributed by atoms with Crippen LogP contribution in [-0.2, 0) is 11.3 Å². The fourth-order valence-electron chi connectivity index (χ4n) is 2.86. The number of hydrogen-bond donors (Lipinski definition) is 0. The zero-order chi connectivity index (χ0) is 18.5. The van der Waals surface area contributed by atoms with Gasteiger partial charge in [-0.3, -0.25) is 4.90 Å². The van der Waals surface area contributed by atoms with Gasteiger partial charge in [0.15, 0.2) is 0 Å². The van der Waals surface area contributed by atoms with Crippen molar-refractivity contribution in [2.45, 2.75) is 27.3 Å². The average Bonchev–Trinajstić information content (AvgIpc) is 3.09. The summed E-state index contributed by atoms with van der Waals surface area (Å²) < 4.78 is 10.7. The number of benzene rings is 1. The second kappa shape index (κ2) is 8.31. The molecule has 2 aromatic rings. The molecular formula is C19H26N4O3. The number of hydrogen-bond acceptors (Lipinski definition) is 6. The van der Waals surface area contributed by atoms with Crippen LogP contribution in [0.4, 0.5) is 4.79 Å². The first-order valence-corrected chi connectivity index (χ1v) is 9.05. The van der Waals surface area contributed by atoms with Crippen molar-refractivity contribution < 1.29 is 14.1 Å². The monoisotopic (exact) mass is 358 g/mol. The van der Waals surface area contributed by atoms with E-state index in [1.807, 2.05) is 45.0 Å². The molecule has 1 saturated heterocycles. The van der Waals surface area contributed by atoms with E-state index >= 15 is 0 Å². The second-order valence-corrected chi connectivity index (χ2v) is 7.06. The van der Waals surface area contributed by atoms with Crippen molar-refractivity contribution in [2.75, 3.05) is 32.8 Å². The Labute approximate surface area is 153 Å². The summed E-state index contributed by atoms with van der Waals surface area (Å²) in [7, 11) is 0. The summed E-state index contributed by atoms with van der Waals surface area (Å²) >= 11 is 0. The number of ether oxygens (including phenoxy) is 1. The highest BCUT2D eigenvalue weighted by Crippen LogP contribution is 2.20. The quantitative estimate of drug-likeness (QED) is 0.818. The molecule has 0 unspecified atom stereocenters. The summed E-state index contributed by atoms with van der Waals surface area (Å²) in [5.41, 5.74) is 2.11. The predicted octanol–water partition coefficient (Wildman–Crippen LogP) is 2.96. The average molecular weight is 358 g/mol. The van der Waals surface area contributed by atoms with Crippen molar-refractivity contribution in [3.05, 3.63) is 35.7 Å². The van der Waals surface area contributed by atoms with Gasteiger partial charge in [0.05, 0.1) is 13.2 Å². The van der Waals surface area contributed by atoms with Crippen molar-refractivity contribution in [3.8, 4) is 11.4 Å². The summed E-state index contributed by atoms with van der Waals surface area (Å²) in [5.74, 6) is 1.56.